The first-order chi connectivity index (χ1) is 16.5. The predicted octanol–water partition coefficient (Wildman–Crippen LogP) is 6.27. The van der Waals surface area contributed by atoms with E-state index in [1.807, 2.05) is 6.92 Å². The maximum Gasteiger partial charge on any atom is 0.184 e. The van der Waals surface area contributed by atoms with E-state index in [-0.39, 0.29) is 58.4 Å². The van der Waals surface area contributed by atoms with Crippen LogP contribution in [0, 0.1) is 80.3 Å². The van der Waals surface area contributed by atoms with E-state index in [1.165, 1.54) is 0 Å². The fourth-order valence-electron chi connectivity index (χ4n) is 9.93. The zero-order valence-corrected chi connectivity index (χ0v) is 23.4. The first kappa shape index (κ1) is 25.1. The summed E-state index contributed by atoms with van der Waals surface area (Å²) in [5.41, 5.74) is 1.56. The first-order valence-electron chi connectivity index (χ1n) is 13.8. The van der Waals surface area contributed by atoms with E-state index >= 15 is 0 Å². The molecule has 35 heavy (non-hydrogen) atoms. The Morgan fingerprint density at radius 2 is 1.91 bits per heavy atom. The minimum Gasteiger partial charge on any atom is -0.415 e. The van der Waals surface area contributed by atoms with Gasteiger partial charge in [0.2, 0.25) is 0 Å². The van der Waals surface area contributed by atoms with Crippen molar-refractivity contribution in [3.63, 3.8) is 0 Å². The monoisotopic (exact) mass is 493 g/mol. The second kappa shape index (κ2) is 8.21. The Morgan fingerprint density at radius 1 is 1.20 bits per heavy atom. The fourth-order valence-corrected chi connectivity index (χ4v) is 11.1. The van der Waals surface area contributed by atoms with Crippen LogP contribution in [0.25, 0.3) is 0 Å². The van der Waals surface area contributed by atoms with Crippen LogP contribution in [0.5, 0.6) is 0 Å². The van der Waals surface area contributed by atoms with Crippen molar-refractivity contribution in [1.29, 1.82) is 16.1 Å². The number of nitriles is 1. The maximum atomic E-state index is 14.3. The molecular weight excluding hydrogens is 450 g/mol. The quantitative estimate of drug-likeness (QED) is 0.268. The molecule has 0 aromatic rings. The molecule has 11 atom stereocenters. The molecule has 5 rings (SSSR count). The summed E-state index contributed by atoms with van der Waals surface area (Å²) in [5.74, 6) is 1.85. The number of fused-ring (bicyclic) bond motifs is 4. The highest BCUT2D eigenvalue weighted by molar-refractivity contribution is 6.69. The Bertz CT molecular complexity index is 1020. The molecule has 1 spiro atoms. The Balaban J connectivity index is 1.55. The number of hydrogen-bond acceptors (Lipinski definition) is 5. The number of Topliss-reactive ketones (excluding diaryl/α,β-unsaturated/α-hetero) is 1. The molecule has 5 aliphatic rings. The first-order valence-corrected chi connectivity index (χ1v) is 17.2. The van der Waals surface area contributed by atoms with Gasteiger partial charge in [0.1, 0.15) is 0 Å². The Hall–Kier alpha value is -1.58. The van der Waals surface area contributed by atoms with E-state index in [2.05, 4.69) is 45.6 Å². The van der Waals surface area contributed by atoms with Gasteiger partial charge in [0, 0.05) is 41.4 Å². The van der Waals surface area contributed by atoms with E-state index < -0.39 is 8.32 Å². The van der Waals surface area contributed by atoms with Crippen molar-refractivity contribution >= 4 is 26.0 Å². The molecule has 0 amide bonds. The molecule has 0 heterocycles. The lowest BCUT2D eigenvalue weighted by Gasteiger charge is -2.61. The third-order valence-electron chi connectivity index (χ3n) is 11.1. The molecule has 6 heteroatoms. The van der Waals surface area contributed by atoms with Crippen molar-refractivity contribution in [2.45, 2.75) is 85.0 Å². The third-order valence-corrected chi connectivity index (χ3v) is 12.2. The summed E-state index contributed by atoms with van der Waals surface area (Å²) in [6, 6.07) is 2.37. The van der Waals surface area contributed by atoms with Gasteiger partial charge in [0.25, 0.3) is 0 Å². The van der Waals surface area contributed by atoms with Gasteiger partial charge in [-0.2, -0.15) is 5.26 Å². The van der Waals surface area contributed by atoms with E-state index in [0.29, 0.717) is 18.1 Å². The van der Waals surface area contributed by atoms with Crippen molar-refractivity contribution in [2.24, 2.45) is 58.2 Å². The standard InChI is InChI=1S/C29H43N3O2Si/c1-7-19-22-13-18(34-35(4,5)6)12-17(15-31)28(22,3)23-14-24-27(32)29(24)20(16(2)10-11-30)8-9-21(29)25(23)26(19)33/h7,15-18,20-25,31-32H,8-10,12-14H2,1-6H3/b19-7+,31-15?,32-27?/t16-,17?,18?,20-,21+,22+,23+,24?,25+,28+,29+/m1/s1. The van der Waals surface area contributed by atoms with Crippen LogP contribution in [0.2, 0.25) is 19.6 Å². The second-order valence-corrected chi connectivity index (χ2v) is 18.0. The van der Waals surface area contributed by atoms with Crippen LogP contribution in [-0.2, 0) is 9.22 Å². The summed E-state index contributed by atoms with van der Waals surface area (Å²) in [5, 5.41) is 27.0. The van der Waals surface area contributed by atoms with Gasteiger partial charge in [-0.25, -0.2) is 0 Å². The van der Waals surface area contributed by atoms with Crippen LogP contribution in [0.1, 0.15) is 59.3 Å². The lowest BCUT2D eigenvalue weighted by Crippen LogP contribution is -2.61. The summed E-state index contributed by atoms with van der Waals surface area (Å²) in [4.78, 5) is 14.3. The van der Waals surface area contributed by atoms with Crippen molar-refractivity contribution in [2.75, 3.05) is 0 Å². The van der Waals surface area contributed by atoms with Crippen molar-refractivity contribution in [3.05, 3.63) is 11.6 Å². The van der Waals surface area contributed by atoms with Gasteiger partial charge in [-0.1, -0.05) is 19.9 Å². The van der Waals surface area contributed by atoms with Crippen LogP contribution in [0.4, 0.5) is 0 Å². The second-order valence-electron chi connectivity index (χ2n) is 13.5. The zero-order valence-electron chi connectivity index (χ0n) is 22.4. The Labute approximate surface area is 212 Å². The molecular formula is C29H43N3O2Si. The molecule has 190 valence electrons. The minimum absolute atomic E-state index is 0.0438. The molecule has 0 bridgehead atoms. The molecule has 5 saturated carbocycles. The number of allylic oxidation sites excluding steroid dienone is 2. The van der Waals surface area contributed by atoms with E-state index in [0.717, 1.165) is 43.4 Å². The largest absolute Gasteiger partial charge is 0.415 e. The summed E-state index contributed by atoms with van der Waals surface area (Å²) >= 11 is 0. The normalized spacial score (nSPS) is 48.3. The third kappa shape index (κ3) is 3.29. The van der Waals surface area contributed by atoms with Crippen molar-refractivity contribution < 1.29 is 9.22 Å². The lowest BCUT2D eigenvalue weighted by atomic mass is 9.42. The van der Waals surface area contributed by atoms with Crippen LogP contribution < -0.4 is 0 Å². The van der Waals surface area contributed by atoms with Crippen LogP contribution in [0.3, 0.4) is 0 Å². The molecule has 0 aliphatic heterocycles. The maximum absolute atomic E-state index is 14.3. The average molecular weight is 494 g/mol. The lowest BCUT2D eigenvalue weighted by molar-refractivity contribution is -0.147. The number of hydrogen-bond donors (Lipinski definition) is 2. The molecule has 5 fully saturated rings. The zero-order chi connectivity index (χ0) is 25.5. The van der Waals surface area contributed by atoms with Gasteiger partial charge < -0.3 is 15.2 Å². The molecule has 0 saturated heterocycles. The number of carbonyl (C=O) groups is 1. The predicted molar refractivity (Wildman–Crippen MR) is 141 cm³/mol. The van der Waals surface area contributed by atoms with Crippen LogP contribution in [0.15, 0.2) is 11.6 Å². The minimum atomic E-state index is -1.74. The smallest absolute Gasteiger partial charge is 0.184 e. The summed E-state index contributed by atoms with van der Waals surface area (Å²) < 4.78 is 6.58. The number of carbonyl (C=O) groups excluding carboxylic acids is 1. The molecule has 5 aliphatic carbocycles. The van der Waals surface area contributed by atoms with E-state index in [1.54, 1.807) is 6.21 Å². The van der Waals surface area contributed by atoms with Gasteiger partial charge in [-0.3, -0.25) is 4.79 Å². The van der Waals surface area contributed by atoms with Gasteiger partial charge >= 0.3 is 0 Å². The highest BCUT2D eigenvalue weighted by Gasteiger charge is 2.78. The Kier molecular flexibility index (Phi) is 5.89. The molecule has 3 unspecified atom stereocenters. The SMILES string of the molecule is C/C=C1/C(=O)[C@@H]2[C@H](CC3C(=N)[C@]34[C@@H]([C@H](C)CC#N)CC[C@@H]24)[C@@]2(C)C(C=N)CC(O[Si](C)(C)C)C[C@@H]12. The van der Waals surface area contributed by atoms with Crippen LogP contribution in [-0.4, -0.2) is 32.1 Å². The van der Waals surface area contributed by atoms with Gasteiger partial charge in [0.05, 0.1) is 6.07 Å². The van der Waals surface area contributed by atoms with E-state index in [4.69, 9.17) is 15.2 Å². The fraction of sp³-hybridized carbons (Fsp3) is 0.793. The number of rotatable bonds is 5. The summed E-state index contributed by atoms with van der Waals surface area (Å²) in [6.45, 7) is 13.2. The molecule has 2 N–H and O–H groups in total. The van der Waals surface area contributed by atoms with Gasteiger partial charge in [0.15, 0.2) is 14.1 Å². The average Bonchev–Trinajstić information content (AvgIpc) is 3.17. The molecule has 5 nitrogen and oxygen atoms in total. The molecule has 0 aromatic heterocycles. The van der Waals surface area contributed by atoms with Crippen molar-refractivity contribution in [1.82, 2.24) is 0 Å². The number of ketones is 1. The topological polar surface area (TPSA) is 97.8 Å². The summed E-state index contributed by atoms with van der Waals surface area (Å²) in [7, 11) is -1.74. The highest BCUT2D eigenvalue weighted by Crippen LogP contribution is 2.78. The summed E-state index contributed by atoms with van der Waals surface area (Å²) in [6.07, 6.45) is 9.07. The Morgan fingerprint density at radius 3 is 2.51 bits per heavy atom. The van der Waals surface area contributed by atoms with Crippen LogP contribution >= 0.6 is 0 Å². The number of nitrogens with one attached hydrogen (secondary N) is 2. The van der Waals surface area contributed by atoms with Gasteiger partial charge in [-0.15, -0.1) is 0 Å². The molecule has 0 aromatic carbocycles. The highest BCUT2D eigenvalue weighted by atomic mass is 28.4. The van der Waals surface area contributed by atoms with Gasteiger partial charge in [-0.05, 0) is 105 Å². The number of nitrogens with zero attached hydrogens (tertiary/aromatic N) is 1. The van der Waals surface area contributed by atoms with E-state index in [9.17, 15) is 10.1 Å². The molecule has 0 radical (unpaired) electrons. The van der Waals surface area contributed by atoms with Crippen molar-refractivity contribution in [3.8, 4) is 6.07 Å².